The van der Waals surface area contributed by atoms with Crippen molar-refractivity contribution in [2.24, 2.45) is 5.92 Å². The quantitative estimate of drug-likeness (QED) is 0.904. The summed E-state index contributed by atoms with van der Waals surface area (Å²) in [5.41, 5.74) is 0. The molecule has 0 amide bonds. The van der Waals surface area contributed by atoms with E-state index in [9.17, 15) is 0 Å². The van der Waals surface area contributed by atoms with E-state index in [1.54, 1.807) is 11.3 Å². The molecule has 1 atom stereocenters. The summed E-state index contributed by atoms with van der Waals surface area (Å²) in [5.74, 6) is 0.776. The van der Waals surface area contributed by atoms with E-state index < -0.39 is 0 Å². The van der Waals surface area contributed by atoms with Crippen LogP contribution in [0.25, 0.3) is 0 Å². The maximum absolute atomic E-state index is 4.54. The van der Waals surface area contributed by atoms with Crippen molar-refractivity contribution in [2.75, 3.05) is 31.1 Å². The molecular formula is C12H20BrN3S. The average Bonchev–Trinajstić information content (AvgIpc) is 2.77. The van der Waals surface area contributed by atoms with Gasteiger partial charge in [0.1, 0.15) is 4.60 Å². The van der Waals surface area contributed by atoms with Gasteiger partial charge < -0.3 is 10.2 Å². The molecule has 0 saturated carbocycles. The molecule has 0 radical (unpaired) electrons. The lowest BCUT2D eigenvalue weighted by molar-refractivity contribution is 0.376. The van der Waals surface area contributed by atoms with E-state index in [2.05, 4.69) is 43.4 Å². The Balaban J connectivity index is 1.96. The fraction of sp³-hybridized carbons (Fsp3) is 0.750. The lowest BCUT2D eigenvalue weighted by Crippen LogP contribution is -2.38. The zero-order chi connectivity index (χ0) is 12.1. The summed E-state index contributed by atoms with van der Waals surface area (Å²) in [4.78, 5) is 6.97. The Morgan fingerprint density at radius 1 is 1.65 bits per heavy atom. The van der Waals surface area contributed by atoms with Crippen molar-refractivity contribution in [1.82, 2.24) is 10.3 Å². The predicted molar refractivity (Wildman–Crippen MR) is 77.9 cm³/mol. The molecule has 1 unspecified atom stereocenters. The highest BCUT2D eigenvalue weighted by atomic mass is 79.9. The number of hydrogen-bond acceptors (Lipinski definition) is 4. The predicted octanol–water partition coefficient (Wildman–Crippen LogP) is 3.12. The van der Waals surface area contributed by atoms with Gasteiger partial charge in [-0.05, 0) is 54.2 Å². The summed E-state index contributed by atoms with van der Waals surface area (Å²) in [6, 6.07) is 0. The Labute approximate surface area is 116 Å². The molecular weight excluding hydrogens is 298 g/mol. The molecule has 0 spiro atoms. The van der Waals surface area contributed by atoms with Crippen molar-refractivity contribution in [1.29, 1.82) is 0 Å². The number of piperidine rings is 1. The van der Waals surface area contributed by atoms with E-state index in [-0.39, 0.29) is 0 Å². The minimum absolute atomic E-state index is 0.776. The van der Waals surface area contributed by atoms with Crippen LogP contribution in [0.1, 0.15) is 26.2 Å². The fourth-order valence-corrected chi connectivity index (χ4v) is 3.60. The van der Waals surface area contributed by atoms with Crippen LogP contribution in [0.4, 0.5) is 5.13 Å². The molecule has 2 rings (SSSR count). The van der Waals surface area contributed by atoms with Crippen LogP contribution in [-0.4, -0.2) is 31.2 Å². The first-order chi connectivity index (χ1) is 8.29. The lowest BCUT2D eigenvalue weighted by atomic mass is 9.99. The topological polar surface area (TPSA) is 28.2 Å². The highest BCUT2D eigenvalue weighted by Gasteiger charge is 2.18. The summed E-state index contributed by atoms with van der Waals surface area (Å²) in [7, 11) is 0. The van der Waals surface area contributed by atoms with Crippen molar-refractivity contribution < 1.29 is 0 Å². The van der Waals surface area contributed by atoms with E-state index in [1.165, 1.54) is 25.8 Å². The van der Waals surface area contributed by atoms with E-state index in [1.807, 2.05) is 0 Å². The Morgan fingerprint density at radius 3 is 3.12 bits per heavy atom. The van der Waals surface area contributed by atoms with E-state index in [4.69, 9.17) is 0 Å². The molecule has 0 aromatic carbocycles. The van der Waals surface area contributed by atoms with Crippen LogP contribution in [0.15, 0.2) is 9.98 Å². The molecule has 2 heterocycles. The minimum atomic E-state index is 0.776. The van der Waals surface area contributed by atoms with Crippen molar-refractivity contribution in [2.45, 2.75) is 26.2 Å². The molecule has 17 heavy (non-hydrogen) atoms. The van der Waals surface area contributed by atoms with Crippen LogP contribution in [0.3, 0.4) is 0 Å². The lowest BCUT2D eigenvalue weighted by Gasteiger charge is -2.29. The van der Waals surface area contributed by atoms with Crippen LogP contribution in [0.2, 0.25) is 0 Å². The summed E-state index contributed by atoms with van der Waals surface area (Å²) in [5, 5.41) is 6.71. The van der Waals surface area contributed by atoms with Gasteiger partial charge in [-0.1, -0.05) is 6.92 Å². The Morgan fingerprint density at radius 2 is 2.53 bits per heavy atom. The summed E-state index contributed by atoms with van der Waals surface area (Å²) >= 11 is 5.17. The third-order valence-corrected chi connectivity index (χ3v) is 4.72. The second-order valence-corrected chi connectivity index (χ2v) is 6.26. The first-order valence-corrected chi connectivity index (χ1v) is 8.03. The third kappa shape index (κ3) is 3.93. The van der Waals surface area contributed by atoms with Crippen molar-refractivity contribution in [3.63, 3.8) is 0 Å². The van der Waals surface area contributed by atoms with Gasteiger partial charge in [0, 0.05) is 18.5 Å². The van der Waals surface area contributed by atoms with Gasteiger partial charge in [0.15, 0.2) is 5.13 Å². The number of nitrogens with one attached hydrogen (secondary N) is 1. The first-order valence-electron chi connectivity index (χ1n) is 6.36. The highest BCUT2D eigenvalue weighted by Crippen LogP contribution is 2.25. The number of rotatable bonds is 5. The third-order valence-electron chi connectivity index (χ3n) is 3.11. The van der Waals surface area contributed by atoms with Crippen LogP contribution in [-0.2, 0) is 0 Å². The second kappa shape index (κ2) is 6.71. The van der Waals surface area contributed by atoms with Gasteiger partial charge >= 0.3 is 0 Å². The Hall–Kier alpha value is -0.130. The van der Waals surface area contributed by atoms with Crippen LogP contribution < -0.4 is 10.2 Å². The van der Waals surface area contributed by atoms with Crippen molar-refractivity contribution in [3.05, 3.63) is 9.98 Å². The van der Waals surface area contributed by atoms with E-state index >= 15 is 0 Å². The van der Waals surface area contributed by atoms with Gasteiger partial charge in [-0.3, -0.25) is 0 Å². The van der Waals surface area contributed by atoms with Crippen LogP contribution >= 0.6 is 27.3 Å². The molecule has 3 nitrogen and oxygen atoms in total. The van der Waals surface area contributed by atoms with Crippen molar-refractivity contribution in [3.8, 4) is 0 Å². The largest absolute Gasteiger partial charge is 0.348 e. The molecule has 1 aromatic heterocycles. The van der Waals surface area contributed by atoms with Gasteiger partial charge in [0.2, 0.25) is 0 Å². The molecule has 1 aromatic rings. The summed E-state index contributed by atoms with van der Waals surface area (Å²) in [6.07, 6.45) is 3.84. The molecule has 5 heteroatoms. The number of hydrogen-bond donors (Lipinski definition) is 1. The number of aromatic nitrogens is 1. The normalized spacial score (nSPS) is 20.5. The van der Waals surface area contributed by atoms with E-state index in [0.29, 0.717) is 0 Å². The zero-order valence-corrected chi connectivity index (χ0v) is 12.7. The Kier molecular flexibility index (Phi) is 5.25. The number of nitrogens with zero attached hydrogens (tertiary/aromatic N) is 2. The van der Waals surface area contributed by atoms with Gasteiger partial charge in [-0.2, -0.15) is 0 Å². The summed E-state index contributed by atoms with van der Waals surface area (Å²) in [6.45, 7) is 6.83. The maximum atomic E-state index is 4.54. The first kappa shape index (κ1) is 13.3. The van der Waals surface area contributed by atoms with Gasteiger partial charge in [0.25, 0.3) is 0 Å². The zero-order valence-electron chi connectivity index (χ0n) is 10.3. The maximum Gasteiger partial charge on any atom is 0.186 e. The minimum Gasteiger partial charge on any atom is -0.348 e. The van der Waals surface area contributed by atoms with Crippen LogP contribution in [0.5, 0.6) is 0 Å². The standard InChI is InChI=1S/C12H20BrN3S/c1-2-6-16(12-15-11(13)9-17-12)8-10-4-3-5-14-7-10/h9-10,14H,2-8H2,1H3. The van der Waals surface area contributed by atoms with E-state index in [0.717, 1.165) is 35.3 Å². The molecule has 0 bridgehead atoms. The molecule has 1 aliphatic heterocycles. The molecule has 96 valence electrons. The van der Waals surface area contributed by atoms with Gasteiger partial charge in [-0.25, -0.2) is 4.98 Å². The monoisotopic (exact) mass is 317 g/mol. The number of thiazole rings is 1. The molecule has 1 aliphatic rings. The number of anilines is 1. The average molecular weight is 318 g/mol. The van der Waals surface area contributed by atoms with Crippen LogP contribution in [0, 0.1) is 5.92 Å². The Bertz CT molecular complexity index is 336. The van der Waals surface area contributed by atoms with Gasteiger partial charge in [-0.15, -0.1) is 11.3 Å². The second-order valence-electron chi connectivity index (χ2n) is 4.61. The fourth-order valence-electron chi connectivity index (χ4n) is 2.32. The molecule has 1 N–H and O–H groups in total. The molecule has 1 fully saturated rings. The smallest absolute Gasteiger partial charge is 0.186 e. The summed E-state index contributed by atoms with van der Waals surface area (Å²) < 4.78 is 0.959. The molecule has 1 saturated heterocycles. The van der Waals surface area contributed by atoms with Crippen molar-refractivity contribution >= 4 is 32.4 Å². The number of halogens is 1. The van der Waals surface area contributed by atoms with Gasteiger partial charge in [0.05, 0.1) is 0 Å². The SMILES string of the molecule is CCCN(CC1CCCNC1)c1nc(Br)cs1. The molecule has 0 aliphatic carbocycles. The highest BCUT2D eigenvalue weighted by molar-refractivity contribution is 9.10.